The molecule has 144 valence electrons. The number of nitrogens with zero attached hydrogens (tertiary/aromatic N) is 1. The minimum absolute atomic E-state index is 0.197. The Morgan fingerprint density at radius 2 is 1.74 bits per heavy atom. The van der Waals surface area contributed by atoms with E-state index in [0.29, 0.717) is 15.6 Å². The van der Waals surface area contributed by atoms with Crippen LogP contribution in [0.25, 0.3) is 0 Å². The molecule has 6 heteroatoms. The number of nitrogens with one attached hydrogen (secondary N) is 1. The fraction of sp³-hybridized carbons (Fsp3) is 0.381. The summed E-state index contributed by atoms with van der Waals surface area (Å²) in [5.41, 5.74) is 2.54. The molecule has 1 amide bonds. The van der Waals surface area contributed by atoms with Gasteiger partial charge in [0.2, 0.25) is 0 Å². The van der Waals surface area contributed by atoms with Crippen LogP contribution < -0.4 is 5.32 Å². The lowest BCUT2D eigenvalue weighted by Crippen LogP contribution is -2.49. The fourth-order valence-corrected chi connectivity index (χ4v) is 4.90. The van der Waals surface area contributed by atoms with Crippen LogP contribution in [0.2, 0.25) is 10.0 Å². The summed E-state index contributed by atoms with van der Waals surface area (Å²) in [5.74, 6) is 2.34. The van der Waals surface area contributed by atoms with Gasteiger partial charge in [-0.05, 0) is 41.8 Å². The molecule has 0 saturated carbocycles. The predicted octanol–water partition coefficient (Wildman–Crippen LogP) is 5.72. The Morgan fingerprint density at radius 1 is 1.07 bits per heavy atom. The number of amides is 1. The second kappa shape index (κ2) is 8.87. The first kappa shape index (κ1) is 20.5. The number of thioether (sulfide) groups is 1. The Bertz CT molecular complexity index is 802. The maximum atomic E-state index is 12.4. The van der Waals surface area contributed by atoms with Gasteiger partial charge in [-0.15, -0.1) is 0 Å². The summed E-state index contributed by atoms with van der Waals surface area (Å²) < 4.78 is 1.01. The Hall–Kier alpha value is -1.20. The Labute approximate surface area is 175 Å². The lowest BCUT2D eigenvalue weighted by atomic mass is 10.1. The Morgan fingerprint density at radius 3 is 2.37 bits per heavy atom. The van der Waals surface area contributed by atoms with Crippen LogP contribution >= 0.6 is 35.0 Å². The van der Waals surface area contributed by atoms with E-state index in [1.54, 1.807) is 18.2 Å². The average Bonchev–Trinajstić information content (AvgIpc) is 2.66. The van der Waals surface area contributed by atoms with Crippen molar-refractivity contribution in [1.29, 1.82) is 0 Å². The molecule has 1 N–H and O–H groups in total. The third kappa shape index (κ3) is 5.41. The van der Waals surface area contributed by atoms with Crippen LogP contribution in [0.4, 0.5) is 5.69 Å². The van der Waals surface area contributed by atoms with E-state index in [9.17, 15) is 4.79 Å². The molecular formula is C21H25Cl2N2OS+. The van der Waals surface area contributed by atoms with Crippen LogP contribution in [0, 0.1) is 0 Å². The van der Waals surface area contributed by atoms with Gasteiger partial charge in [0.25, 0.3) is 5.91 Å². The van der Waals surface area contributed by atoms with E-state index in [0.717, 1.165) is 22.8 Å². The van der Waals surface area contributed by atoms with Crippen LogP contribution in [-0.4, -0.2) is 42.0 Å². The van der Waals surface area contributed by atoms with Gasteiger partial charge in [0.05, 0.1) is 30.2 Å². The number of carbonyl (C=O) groups excluding carboxylic acids is 1. The Kier molecular flexibility index (Phi) is 6.74. The Balaban J connectivity index is 1.62. The average molecular weight is 424 g/mol. The third-order valence-corrected chi connectivity index (χ3v) is 6.95. The van der Waals surface area contributed by atoms with E-state index in [1.807, 2.05) is 12.1 Å². The van der Waals surface area contributed by atoms with Gasteiger partial charge in [0.1, 0.15) is 6.54 Å². The largest absolute Gasteiger partial charge is 0.322 e. The molecule has 0 radical (unpaired) electrons. The molecule has 1 fully saturated rings. The zero-order valence-corrected chi connectivity index (χ0v) is 18.0. The van der Waals surface area contributed by atoms with Gasteiger partial charge in [0.15, 0.2) is 0 Å². The van der Waals surface area contributed by atoms with E-state index in [4.69, 9.17) is 23.2 Å². The summed E-state index contributed by atoms with van der Waals surface area (Å²) in [5, 5.41) is 3.73. The van der Waals surface area contributed by atoms with E-state index >= 15 is 0 Å². The van der Waals surface area contributed by atoms with Crippen molar-refractivity contribution in [2.24, 2.45) is 0 Å². The van der Waals surface area contributed by atoms with Crippen LogP contribution in [0.3, 0.4) is 0 Å². The number of benzene rings is 2. The summed E-state index contributed by atoms with van der Waals surface area (Å²) >= 11 is 14.0. The number of hydrogen-bond donors (Lipinski definition) is 1. The van der Waals surface area contributed by atoms with Crippen LogP contribution in [0.1, 0.15) is 28.8 Å². The van der Waals surface area contributed by atoms with Gasteiger partial charge >= 0.3 is 0 Å². The SMILES string of the molecule is C[N+](C)(Cc1ccc(NC(=O)c2ccc(Cl)c(Cl)c2)cc1)C1CCSCC1. The van der Waals surface area contributed by atoms with E-state index in [1.165, 1.54) is 29.9 Å². The lowest BCUT2D eigenvalue weighted by Gasteiger charge is -2.40. The summed E-state index contributed by atoms with van der Waals surface area (Å²) in [6, 6.07) is 13.7. The molecule has 0 bridgehead atoms. The van der Waals surface area contributed by atoms with Gasteiger partial charge in [-0.3, -0.25) is 4.79 Å². The van der Waals surface area contributed by atoms with Crippen LogP contribution in [-0.2, 0) is 6.54 Å². The zero-order chi connectivity index (χ0) is 19.4. The number of quaternary nitrogens is 1. The van der Waals surface area contributed by atoms with Crippen molar-refractivity contribution >= 4 is 46.6 Å². The van der Waals surface area contributed by atoms with Crippen molar-refractivity contribution < 1.29 is 9.28 Å². The van der Waals surface area contributed by atoms with Gasteiger partial charge in [-0.2, -0.15) is 11.8 Å². The molecule has 1 heterocycles. The molecule has 1 saturated heterocycles. The van der Waals surface area contributed by atoms with Gasteiger partial charge in [0, 0.05) is 29.7 Å². The zero-order valence-electron chi connectivity index (χ0n) is 15.7. The fourth-order valence-electron chi connectivity index (χ4n) is 3.52. The molecule has 0 aliphatic carbocycles. The van der Waals surface area contributed by atoms with Gasteiger partial charge < -0.3 is 9.80 Å². The van der Waals surface area contributed by atoms with Gasteiger partial charge in [-0.1, -0.05) is 35.3 Å². The minimum Gasteiger partial charge on any atom is -0.322 e. The molecule has 3 nitrogen and oxygen atoms in total. The summed E-state index contributed by atoms with van der Waals surface area (Å²) in [6.45, 7) is 0.996. The lowest BCUT2D eigenvalue weighted by molar-refractivity contribution is -0.928. The van der Waals surface area contributed by atoms with Gasteiger partial charge in [-0.25, -0.2) is 0 Å². The summed E-state index contributed by atoms with van der Waals surface area (Å²) in [6.07, 6.45) is 2.57. The summed E-state index contributed by atoms with van der Waals surface area (Å²) in [7, 11) is 4.64. The number of rotatable bonds is 5. The van der Waals surface area contributed by atoms with Crippen LogP contribution in [0.5, 0.6) is 0 Å². The maximum absolute atomic E-state index is 12.4. The highest BCUT2D eigenvalue weighted by molar-refractivity contribution is 7.99. The topological polar surface area (TPSA) is 29.1 Å². The molecule has 3 rings (SSSR count). The molecular weight excluding hydrogens is 399 g/mol. The smallest absolute Gasteiger partial charge is 0.255 e. The number of anilines is 1. The van der Waals surface area contributed by atoms with Crippen molar-refractivity contribution in [3.05, 3.63) is 63.6 Å². The normalized spacial score (nSPS) is 15.6. The first-order chi connectivity index (χ1) is 12.8. The van der Waals surface area contributed by atoms with E-state index in [2.05, 4.69) is 43.3 Å². The molecule has 0 spiro atoms. The first-order valence-electron chi connectivity index (χ1n) is 9.11. The molecule has 0 aromatic heterocycles. The second-order valence-corrected chi connectivity index (χ2v) is 9.60. The molecule has 1 aliphatic heterocycles. The third-order valence-electron chi connectivity index (χ3n) is 5.16. The number of hydrogen-bond acceptors (Lipinski definition) is 2. The molecule has 2 aromatic carbocycles. The van der Waals surface area contributed by atoms with Crippen molar-refractivity contribution in [3.8, 4) is 0 Å². The minimum atomic E-state index is -0.197. The highest BCUT2D eigenvalue weighted by Crippen LogP contribution is 2.27. The molecule has 0 atom stereocenters. The molecule has 1 aliphatic rings. The number of halogens is 2. The van der Waals surface area contributed by atoms with Crippen molar-refractivity contribution in [1.82, 2.24) is 0 Å². The molecule has 27 heavy (non-hydrogen) atoms. The standard InChI is InChI=1S/C21H24Cl2N2OS/c1-25(2,18-9-11-27-12-10-18)14-15-3-6-17(7-4-15)24-21(26)16-5-8-19(22)20(23)13-16/h3-8,13,18H,9-12,14H2,1-2H3/p+1. The van der Waals surface area contributed by atoms with E-state index in [-0.39, 0.29) is 5.91 Å². The first-order valence-corrected chi connectivity index (χ1v) is 11.0. The number of carbonyl (C=O) groups is 1. The maximum Gasteiger partial charge on any atom is 0.255 e. The molecule has 0 unspecified atom stereocenters. The quantitative estimate of drug-likeness (QED) is 0.623. The monoisotopic (exact) mass is 423 g/mol. The van der Waals surface area contributed by atoms with Crippen molar-refractivity contribution in [3.63, 3.8) is 0 Å². The van der Waals surface area contributed by atoms with Crippen molar-refractivity contribution in [2.45, 2.75) is 25.4 Å². The molecule has 2 aromatic rings. The predicted molar refractivity (Wildman–Crippen MR) is 117 cm³/mol. The summed E-state index contributed by atoms with van der Waals surface area (Å²) in [4.78, 5) is 12.4. The highest BCUT2D eigenvalue weighted by atomic mass is 35.5. The second-order valence-electron chi connectivity index (χ2n) is 7.56. The van der Waals surface area contributed by atoms with Crippen LogP contribution in [0.15, 0.2) is 42.5 Å². The van der Waals surface area contributed by atoms with Crippen molar-refractivity contribution in [2.75, 3.05) is 30.9 Å². The van der Waals surface area contributed by atoms with E-state index < -0.39 is 0 Å². The highest BCUT2D eigenvalue weighted by Gasteiger charge is 2.30.